The topological polar surface area (TPSA) is 59.2 Å². The van der Waals surface area contributed by atoms with E-state index in [9.17, 15) is 18.0 Å². The summed E-state index contributed by atoms with van der Waals surface area (Å²) in [6.07, 6.45) is -4.41. The Morgan fingerprint density at radius 1 is 0.970 bits per heavy atom. The predicted molar refractivity (Wildman–Crippen MR) is 118 cm³/mol. The number of fused-ring (bicyclic) bond motifs is 2. The number of rotatable bonds is 3. The van der Waals surface area contributed by atoms with Crippen LogP contribution in [0.25, 0.3) is 22.8 Å². The van der Waals surface area contributed by atoms with Gasteiger partial charge in [0.05, 0.1) is 16.8 Å². The van der Waals surface area contributed by atoms with Gasteiger partial charge in [-0.3, -0.25) is 4.79 Å². The molecular weight excluding hydrogens is 451 g/mol. The van der Waals surface area contributed by atoms with E-state index >= 15 is 0 Å². The second-order valence-electron chi connectivity index (χ2n) is 7.33. The molecule has 0 saturated carbocycles. The number of benzene rings is 3. The van der Waals surface area contributed by atoms with Gasteiger partial charge in [-0.05, 0) is 61.5 Å². The quantitative estimate of drug-likeness (QED) is 0.342. The van der Waals surface area contributed by atoms with Crippen LogP contribution < -0.4 is 4.90 Å². The highest BCUT2D eigenvalue weighted by atomic mass is 32.2. The number of hydrogen-bond donors (Lipinski definition) is 0. The molecule has 1 aromatic heterocycles. The van der Waals surface area contributed by atoms with Crippen molar-refractivity contribution in [1.29, 1.82) is 0 Å². The molecule has 5 nitrogen and oxygen atoms in total. The zero-order valence-electron chi connectivity index (χ0n) is 17.3. The molecule has 2 heterocycles. The van der Waals surface area contributed by atoms with Crippen LogP contribution in [0.4, 0.5) is 18.9 Å². The number of aromatic nitrogens is 2. The summed E-state index contributed by atoms with van der Waals surface area (Å²) in [6.45, 7) is 2.43. The normalized spacial score (nSPS) is 13.5. The average molecular weight is 467 g/mol. The second-order valence-corrected chi connectivity index (χ2v) is 8.41. The van der Waals surface area contributed by atoms with Crippen molar-refractivity contribution >= 4 is 23.4 Å². The molecule has 0 N–H and O–H groups in total. The molecule has 4 aromatic rings. The van der Waals surface area contributed by atoms with Crippen molar-refractivity contribution in [3.8, 4) is 22.8 Å². The molecule has 1 aliphatic rings. The molecule has 1 aliphatic heterocycles. The number of amides is 1. The van der Waals surface area contributed by atoms with Crippen molar-refractivity contribution in [3.05, 3.63) is 77.9 Å². The van der Waals surface area contributed by atoms with Crippen molar-refractivity contribution in [1.82, 2.24) is 10.1 Å². The second kappa shape index (κ2) is 8.08. The predicted octanol–water partition coefficient (Wildman–Crippen LogP) is 6.55. The lowest BCUT2D eigenvalue weighted by Gasteiger charge is -2.21. The molecule has 0 saturated heterocycles. The van der Waals surface area contributed by atoms with Crippen LogP contribution in [0, 0.1) is 0 Å². The Bertz CT molecular complexity index is 1350. The summed E-state index contributed by atoms with van der Waals surface area (Å²) in [5, 5.41) is 4.01. The van der Waals surface area contributed by atoms with E-state index in [2.05, 4.69) is 10.1 Å². The third kappa shape index (κ3) is 3.89. The lowest BCUT2D eigenvalue weighted by atomic mass is 10.1. The van der Waals surface area contributed by atoms with Crippen LogP contribution in [0.5, 0.6) is 0 Å². The van der Waals surface area contributed by atoms with Gasteiger partial charge in [0.15, 0.2) is 0 Å². The van der Waals surface area contributed by atoms with Gasteiger partial charge in [0.2, 0.25) is 5.82 Å². The largest absolute Gasteiger partial charge is 0.416 e. The van der Waals surface area contributed by atoms with Crippen LogP contribution in [0.3, 0.4) is 0 Å². The van der Waals surface area contributed by atoms with Crippen LogP contribution in [0.15, 0.2) is 81.0 Å². The molecule has 0 radical (unpaired) electrons. The van der Waals surface area contributed by atoms with Crippen molar-refractivity contribution in [3.63, 3.8) is 0 Å². The van der Waals surface area contributed by atoms with Gasteiger partial charge in [-0.2, -0.15) is 18.2 Å². The molecule has 0 bridgehead atoms. The Morgan fingerprint density at radius 3 is 2.42 bits per heavy atom. The summed E-state index contributed by atoms with van der Waals surface area (Å²) in [5.41, 5.74) is 1.75. The van der Waals surface area contributed by atoms with Crippen molar-refractivity contribution in [2.45, 2.75) is 22.9 Å². The maximum Gasteiger partial charge on any atom is 0.416 e. The monoisotopic (exact) mass is 467 g/mol. The van der Waals surface area contributed by atoms with E-state index in [1.54, 1.807) is 11.0 Å². The van der Waals surface area contributed by atoms with E-state index in [1.165, 1.54) is 23.9 Å². The minimum atomic E-state index is -4.41. The minimum absolute atomic E-state index is 0.0590. The maximum atomic E-state index is 13.0. The standard InChI is InChI=1S/C24H16F3N3O2S/c1-2-30-18-12-9-15(13-20(18)33-19-6-4-3-5-17(19)23(30)31)21-28-22(32-29-21)14-7-10-16(11-8-14)24(25,26)27/h3-13H,2H2,1H3. The molecule has 3 aromatic carbocycles. The number of halogens is 3. The molecule has 0 spiro atoms. The molecule has 0 aliphatic carbocycles. The molecule has 9 heteroatoms. The van der Waals surface area contributed by atoms with E-state index in [0.29, 0.717) is 29.1 Å². The smallest absolute Gasteiger partial charge is 0.334 e. The first-order chi connectivity index (χ1) is 15.8. The van der Waals surface area contributed by atoms with Gasteiger partial charge in [0.25, 0.3) is 11.8 Å². The Labute approximate surface area is 191 Å². The number of alkyl halides is 3. The maximum absolute atomic E-state index is 13.0. The van der Waals surface area contributed by atoms with Crippen molar-refractivity contribution in [2.75, 3.05) is 11.4 Å². The minimum Gasteiger partial charge on any atom is -0.334 e. The lowest BCUT2D eigenvalue weighted by Crippen LogP contribution is -2.30. The number of carbonyl (C=O) groups excluding carboxylic acids is 1. The first kappa shape index (κ1) is 21.3. The van der Waals surface area contributed by atoms with E-state index in [1.807, 2.05) is 43.3 Å². The summed E-state index contributed by atoms with van der Waals surface area (Å²) < 4.78 is 43.7. The summed E-state index contributed by atoms with van der Waals surface area (Å²) in [5.74, 6) is 0.369. The average Bonchev–Trinajstić information content (AvgIpc) is 3.26. The fourth-order valence-electron chi connectivity index (χ4n) is 3.64. The van der Waals surface area contributed by atoms with Crippen LogP contribution >= 0.6 is 11.8 Å². The first-order valence-corrected chi connectivity index (χ1v) is 10.9. The number of nitrogens with zero attached hydrogens (tertiary/aromatic N) is 3. The summed E-state index contributed by atoms with van der Waals surface area (Å²) >= 11 is 1.49. The molecule has 5 rings (SSSR count). The highest BCUT2D eigenvalue weighted by molar-refractivity contribution is 7.99. The molecule has 166 valence electrons. The van der Waals surface area contributed by atoms with Gasteiger partial charge in [-0.1, -0.05) is 29.1 Å². The third-order valence-corrected chi connectivity index (χ3v) is 6.42. The van der Waals surface area contributed by atoms with Gasteiger partial charge in [0, 0.05) is 27.5 Å². The van der Waals surface area contributed by atoms with Gasteiger partial charge < -0.3 is 9.42 Å². The zero-order valence-corrected chi connectivity index (χ0v) is 18.1. The number of hydrogen-bond acceptors (Lipinski definition) is 5. The fraction of sp³-hybridized carbons (Fsp3) is 0.125. The van der Waals surface area contributed by atoms with E-state index < -0.39 is 11.7 Å². The van der Waals surface area contributed by atoms with Crippen LogP contribution in [-0.4, -0.2) is 22.6 Å². The lowest BCUT2D eigenvalue weighted by molar-refractivity contribution is -0.137. The molecule has 1 amide bonds. The third-order valence-electron chi connectivity index (χ3n) is 5.29. The van der Waals surface area contributed by atoms with Crippen molar-refractivity contribution in [2.24, 2.45) is 0 Å². The van der Waals surface area contributed by atoms with Crippen LogP contribution in [0.2, 0.25) is 0 Å². The number of anilines is 1. The highest BCUT2D eigenvalue weighted by Crippen LogP contribution is 2.43. The fourth-order valence-corrected chi connectivity index (χ4v) is 4.75. The van der Waals surface area contributed by atoms with Crippen molar-refractivity contribution < 1.29 is 22.5 Å². The van der Waals surface area contributed by atoms with E-state index in [4.69, 9.17) is 4.52 Å². The Morgan fingerprint density at radius 2 is 1.70 bits per heavy atom. The van der Waals surface area contributed by atoms with Crippen LogP contribution in [-0.2, 0) is 6.18 Å². The Kier molecular flexibility index (Phi) is 5.20. The molecule has 33 heavy (non-hydrogen) atoms. The summed E-state index contributed by atoms with van der Waals surface area (Å²) in [6, 6.07) is 17.5. The summed E-state index contributed by atoms with van der Waals surface area (Å²) in [4.78, 5) is 20.8. The molecule has 0 unspecified atom stereocenters. The SMILES string of the molecule is CCN1C(=O)c2ccccc2Sc2cc(-c3noc(-c4ccc(C(F)(F)F)cc4)n3)ccc21. The first-order valence-electron chi connectivity index (χ1n) is 10.1. The molecular formula is C24H16F3N3O2S. The molecule has 0 fully saturated rings. The van der Waals surface area contributed by atoms with E-state index in [0.717, 1.165) is 27.6 Å². The van der Waals surface area contributed by atoms with Gasteiger partial charge in [-0.15, -0.1) is 0 Å². The Hall–Kier alpha value is -3.59. The molecule has 0 atom stereocenters. The Balaban J connectivity index is 1.50. The summed E-state index contributed by atoms with van der Waals surface area (Å²) in [7, 11) is 0. The number of carbonyl (C=O) groups is 1. The van der Waals surface area contributed by atoms with Gasteiger partial charge >= 0.3 is 6.18 Å². The van der Waals surface area contributed by atoms with Gasteiger partial charge in [-0.25, -0.2) is 0 Å². The highest BCUT2D eigenvalue weighted by Gasteiger charge is 2.30. The van der Waals surface area contributed by atoms with Crippen LogP contribution in [0.1, 0.15) is 22.8 Å². The van der Waals surface area contributed by atoms with Gasteiger partial charge in [0.1, 0.15) is 0 Å². The van der Waals surface area contributed by atoms with E-state index in [-0.39, 0.29) is 11.8 Å². The zero-order chi connectivity index (χ0) is 23.2.